The van der Waals surface area contributed by atoms with E-state index in [2.05, 4.69) is 22.4 Å². The van der Waals surface area contributed by atoms with Gasteiger partial charge in [0.25, 0.3) is 0 Å². The number of aromatic nitrogens is 1. The lowest BCUT2D eigenvalue weighted by Crippen LogP contribution is -2.46. The number of anilines is 1. The lowest BCUT2D eigenvalue weighted by atomic mass is 9.88. The van der Waals surface area contributed by atoms with E-state index in [0.29, 0.717) is 19.8 Å². The topological polar surface area (TPSA) is 60.8 Å². The summed E-state index contributed by atoms with van der Waals surface area (Å²) in [7, 11) is 0. The van der Waals surface area contributed by atoms with Gasteiger partial charge in [-0.25, -0.2) is 0 Å². The van der Waals surface area contributed by atoms with E-state index in [1.807, 2.05) is 24.4 Å². The van der Waals surface area contributed by atoms with Crippen LogP contribution in [0.25, 0.3) is 10.9 Å². The summed E-state index contributed by atoms with van der Waals surface area (Å²) in [4.78, 5) is 3.20. The molecule has 1 aromatic carbocycles. The molecule has 2 aromatic rings. The fourth-order valence-corrected chi connectivity index (χ4v) is 2.04. The van der Waals surface area contributed by atoms with E-state index in [4.69, 9.17) is 10.00 Å². The van der Waals surface area contributed by atoms with Crippen molar-refractivity contribution in [2.24, 2.45) is 5.41 Å². The molecule has 0 spiro atoms. The molecular weight excluding hydrogens is 214 g/mol. The Morgan fingerprint density at radius 2 is 2.24 bits per heavy atom. The number of nitriles is 1. The Balaban J connectivity index is 1.79. The van der Waals surface area contributed by atoms with E-state index in [-0.39, 0.29) is 5.41 Å². The van der Waals surface area contributed by atoms with Crippen LogP contribution in [0.4, 0.5) is 5.69 Å². The summed E-state index contributed by atoms with van der Waals surface area (Å²) in [5.74, 6) is 0. The Morgan fingerprint density at radius 3 is 2.94 bits per heavy atom. The number of benzene rings is 1. The molecule has 0 bridgehead atoms. The zero-order chi connectivity index (χ0) is 11.7. The molecule has 4 nitrogen and oxygen atoms in total. The van der Waals surface area contributed by atoms with Gasteiger partial charge in [0.05, 0.1) is 25.0 Å². The van der Waals surface area contributed by atoms with Gasteiger partial charge >= 0.3 is 0 Å². The van der Waals surface area contributed by atoms with E-state index >= 15 is 0 Å². The van der Waals surface area contributed by atoms with Crippen LogP contribution in [-0.2, 0) is 4.74 Å². The largest absolute Gasteiger partial charge is 0.382 e. The molecule has 4 heteroatoms. The number of fused-ring (bicyclic) bond motifs is 1. The molecule has 1 aliphatic rings. The number of hydrogen-bond acceptors (Lipinski definition) is 3. The maximum Gasteiger partial charge on any atom is 0.121 e. The van der Waals surface area contributed by atoms with Crippen molar-refractivity contribution >= 4 is 16.6 Å². The van der Waals surface area contributed by atoms with Crippen LogP contribution >= 0.6 is 0 Å². The predicted molar refractivity (Wildman–Crippen MR) is 65.7 cm³/mol. The van der Waals surface area contributed by atoms with Crippen LogP contribution < -0.4 is 5.32 Å². The molecule has 2 heterocycles. The first kappa shape index (κ1) is 10.2. The summed E-state index contributed by atoms with van der Waals surface area (Å²) >= 11 is 0. The van der Waals surface area contributed by atoms with Gasteiger partial charge < -0.3 is 15.0 Å². The van der Waals surface area contributed by atoms with Crippen molar-refractivity contribution in [3.8, 4) is 6.07 Å². The molecule has 1 fully saturated rings. The van der Waals surface area contributed by atoms with Gasteiger partial charge in [-0.3, -0.25) is 0 Å². The average Bonchev–Trinajstić information content (AvgIpc) is 2.72. The molecule has 0 radical (unpaired) electrons. The summed E-state index contributed by atoms with van der Waals surface area (Å²) in [6.45, 7) is 1.68. The van der Waals surface area contributed by atoms with Crippen molar-refractivity contribution in [1.82, 2.24) is 4.98 Å². The molecule has 3 rings (SSSR count). The molecule has 0 aliphatic carbocycles. The molecule has 1 saturated heterocycles. The summed E-state index contributed by atoms with van der Waals surface area (Å²) in [6, 6.07) is 10.4. The molecule has 86 valence electrons. The molecule has 17 heavy (non-hydrogen) atoms. The average molecular weight is 227 g/mol. The third kappa shape index (κ3) is 1.65. The van der Waals surface area contributed by atoms with Crippen molar-refractivity contribution in [3.05, 3.63) is 30.5 Å². The highest BCUT2D eigenvalue weighted by molar-refractivity contribution is 5.92. The predicted octanol–water partition coefficient (Wildman–Crippen LogP) is 2.12. The lowest BCUT2D eigenvalue weighted by molar-refractivity contribution is -0.0690. The normalized spacial score (nSPS) is 17.4. The summed E-state index contributed by atoms with van der Waals surface area (Å²) in [6.07, 6.45) is 1.94. The first-order valence-electron chi connectivity index (χ1n) is 5.62. The molecule has 1 aliphatic heterocycles. The van der Waals surface area contributed by atoms with Gasteiger partial charge in [-0.05, 0) is 6.07 Å². The monoisotopic (exact) mass is 227 g/mol. The lowest BCUT2D eigenvalue weighted by Gasteiger charge is -2.35. The second kappa shape index (κ2) is 3.79. The van der Waals surface area contributed by atoms with Gasteiger partial charge in [0.15, 0.2) is 0 Å². The van der Waals surface area contributed by atoms with Gasteiger partial charge in [0, 0.05) is 23.6 Å². The minimum Gasteiger partial charge on any atom is -0.382 e. The minimum absolute atomic E-state index is 0.349. The first-order chi connectivity index (χ1) is 8.33. The summed E-state index contributed by atoms with van der Waals surface area (Å²) in [5, 5.41) is 13.6. The SMILES string of the molecule is N#CC1(CNc2c[nH]c3ccccc23)COC1. The highest BCUT2D eigenvalue weighted by atomic mass is 16.5. The third-order valence-corrected chi connectivity index (χ3v) is 3.20. The number of H-pyrrole nitrogens is 1. The van der Waals surface area contributed by atoms with Crippen LogP contribution in [0.5, 0.6) is 0 Å². The number of aromatic amines is 1. The Morgan fingerprint density at radius 1 is 1.41 bits per heavy atom. The van der Waals surface area contributed by atoms with Gasteiger partial charge in [0.2, 0.25) is 0 Å². The van der Waals surface area contributed by atoms with Crippen molar-refractivity contribution in [2.75, 3.05) is 25.1 Å². The summed E-state index contributed by atoms with van der Waals surface area (Å²) in [5.41, 5.74) is 1.80. The number of ether oxygens (including phenoxy) is 1. The van der Waals surface area contributed by atoms with E-state index < -0.39 is 0 Å². The van der Waals surface area contributed by atoms with E-state index in [9.17, 15) is 0 Å². The van der Waals surface area contributed by atoms with E-state index in [1.165, 1.54) is 0 Å². The molecule has 2 N–H and O–H groups in total. The fourth-order valence-electron chi connectivity index (χ4n) is 2.04. The second-order valence-corrected chi connectivity index (χ2v) is 4.49. The van der Waals surface area contributed by atoms with Gasteiger partial charge in [-0.2, -0.15) is 5.26 Å². The van der Waals surface area contributed by atoms with Gasteiger partial charge in [0.1, 0.15) is 5.41 Å². The number of nitrogens with one attached hydrogen (secondary N) is 2. The number of rotatable bonds is 3. The van der Waals surface area contributed by atoms with Gasteiger partial charge in [-0.15, -0.1) is 0 Å². The number of para-hydroxylation sites is 1. The number of hydrogen-bond donors (Lipinski definition) is 2. The van der Waals surface area contributed by atoms with E-state index in [1.54, 1.807) is 0 Å². The highest BCUT2D eigenvalue weighted by Gasteiger charge is 2.38. The van der Waals surface area contributed by atoms with Crippen LogP contribution in [0.2, 0.25) is 0 Å². The van der Waals surface area contributed by atoms with Gasteiger partial charge in [-0.1, -0.05) is 18.2 Å². The standard InChI is InChI=1S/C13H13N3O/c14-6-13(8-17-9-13)7-16-12-5-15-11-4-2-1-3-10(11)12/h1-5,15-16H,7-9H2. The van der Waals surface area contributed by atoms with Crippen molar-refractivity contribution in [3.63, 3.8) is 0 Å². The number of nitrogens with zero attached hydrogens (tertiary/aromatic N) is 1. The highest BCUT2D eigenvalue weighted by Crippen LogP contribution is 2.29. The zero-order valence-corrected chi connectivity index (χ0v) is 9.36. The van der Waals surface area contributed by atoms with Crippen molar-refractivity contribution in [2.45, 2.75) is 0 Å². The minimum atomic E-state index is -0.349. The summed E-state index contributed by atoms with van der Waals surface area (Å²) < 4.78 is 5.12. The Bertz CT molecular complexity index is 578. The molecule has 0 amide bonds. The van der Waals surface area contributed by atoms with Crippen LogP contribution in [0.3, 0.4) is 0 Å². The molecule has 0 unspecified atom stereocenters. The Kier molecular flexibility index (Phi) is 2.27. The molecular formula is C13H13N3O. The molecule has 0 atom stereocenters. The molecule has 0 saturated carbocycles. The van der Waals surface area contributed by atoms with E-state index in [0.717, 1.165) is 16.6 Å². The first-order valence-corrected chi connectivity index (χ1v) is 5.62. The van der Waals surface area contributed by atoms with Crippen LogP contribution in [0.1, 0.15) is 0 Å². The van der Waals surface area contributed by atoms with Crippen molar-refractivity contribution in [1.29, 1.82) is 5.26 Å². The molecule has 1 aromatic heterocycles. The maximum absolute atomic E-state index is 9.10. The Labute approximate surface area is 99.2 Å². The smallest absolute Gasteiger partial charge is 0.121 e. The quantitative estimate of drug-likeness (QED) is 0.844. The maximum atomic E-state index is 9.10. The van der Waals surface area contributed by atoms with Crippen LogP contribution in [0, 0.1) is 16.7 Å². The second-order valence-electron chi connectivity index (χ2n) is 4.49. The van der Waals surface area contributed by atoms with Crippen molar-refractivity contribution < 1.29 is 4.74 Å². The third-order valence-electron chi connectivity index (χ3n) is 3.20. The Hall–Kier alpha value is -1.99. The fraction of sp³-hybridized carbons (Fsp3) is 0.308. The zero-order valence-electron chi connectivity index (χ0n) is 9.36. The van der Waals surface area contributed by atoms with Crippen LogP contribution in [0.15, 0.2) is 30.5 Å². The van der Waals surface area contributed by atoms with Crippen LogP contribution in [-0.4, -0.2) is 24.7 Å².